The quantitative estimate of drug-likeness (QED) is 0.896. The van der Waals surface area contributed by atoms with Crippen molar-refractivity contribution in [3.8, 4) is 0 Å². The monoisotopic (exact) mass is 277 g/mol. The van der Waals surface area contributed by atoms with Gasteiger partial charge in [0.15, 0.2) is 0 Å². The van der Waals surface area contributed by atoms with Crippen LogP contribution < -0.4 is 5.32 Å². The molecule has 0 spiro atoms. The highest BCUT2D eigenvalue weighted by Crippen LogP contribution is 2.23. The Hall–Kier alpha value is -1.39. The topological polar surface area (TPSA) is 47.6 Å². The number of carbonyl (C=O) groups excluding carboxylic acids is 1. The van der Waals surface area contributed by atoms with Crippen LogP contribution in [0.2, 0.25) is 0 Å². The zero-order valence-electron chi connectivity index (χ0n) is 12.2. The summed E-state index contributed by atoms with van der Waals surface area (Å²) in [5.41, 5.74) is 0.563. The number of rotatable bonds is 5. The fraction of sp³-hybridized carbons (Fsp3) is 0.562. The van der Waals surface area contributed by atoms with E-state index in [1.54, 1.807) is 7.11 Å². The van der Waals surface area contributed by atoms with Crippen molar-refractivity contribution in [1.29, 1.82) is 0 Å². The van der Waals surface area contributed by atoms with Gasteiger partial charge < -0.3 is 14.8 Å². The fourth-order valence-electron chi connectivity index (χ4n) is 2.62. The maximum absolute atomic E-state index is 12.4. The van der Waals surface area contributed by atoms with Gasteiger partial charge in [0.2, 0.25) is 5.91 Å². The summed E-state index contributed by atoms with van der Waals surface area (Å²) in [6.07, 6.45) is 1.59. The third kappa shape index (κ3) is 3.58. The molecule has 1 fully saturated rings. The maximum atomic E-state index is 12.4. The molecule has 1 heterocycles. The molecule has 2 rings (SSSR count). The summed E-state index contributed by atoms with van der Waals surface area (Å²) < 4.78 is 10.6. The second-order valence-corrected chi connectivity index (χ2v) is 5.51. The minimum atomic E-state index is -0.495. The van der Waals surface area contributed by atoms with E-state index in [0.717, 1.165) is 18.4 Å². The van der Waals surface area contributed by atoms with Gasteiger partial charge in [-0.3, -0.25) is 4.79 Å². The Kier molecular flexibility index (Phi) is 5.15. The van der Waals surface area contributed by atoms with Gasteiger partial charge in [0, 0.05) is 26.2 Å². The SMILES string of the molecule is COC[C@](C)(NC(=O)C1CCOCC1)c1ccccc1. The van der Waals surface area contributed by atoms with Crippen LogP contribution in [0.15, 0.2) is 30.3 Å². The molecular formula is C16H23NO3. The smallest absolute Gasteiger partial charge is 0.224 e. The molecule has 0 radical (unpaired) electrons. The van der Waals surface area contributed by atoms with Gasteiger partial charge in [-0.05, 0) is 25.3 Å². The maximum Gasteiger partial charge on any atom is 0.224 e. The number of methoxy groups -OCH3 is 1. The lowest BCUT2D eigenvalue weighted by Gasteiger charge is -2.33. The van der Waals surface area contributed by atoms with Crippen LogP contribution in [0.5, 0.6) is 0 Å². The van der Waals surface area contributed by atoms with Crippen LogP contribution in [-0.4, -0.2) is 32.8 Å². The molecule has 1 saturated heterocycles. The van der Waals surface area contributed by atoms with Crippen LogP contribution in [0.3, 0.4) is 0 Å². The molecule has 1 amide bonds. The molecule has 4 nitrogen and oxygen atoms in total. The minimum Gasteiger partial charge on any atom is -0.382 e. The Morgan fingerprint density at radius 2 is 2.00 bits per heavy atom. The standard InChI is InChI=1S/C16H23NO3/c1-16(12-19-2,14-6-4-3-5-7-14)17-15(18)13-8-10-20-11-9-13/h3-7,13H,8-12H2,1-2H3,(H,17,18)/t16-/m0/s1. The van der Waals surface area contributed by atoms with E-state index in [4.69, 9.17) is 9.47 Å². The average Bonchev–Trinajstić information content (AvgIpc) is 2.49. The third-order valence-corrected chi connectivity index (χ3v) is 3.84. The number of amides is 1. The van der Waals surface area contributed by atoms with E-state index in [-0.39, 0.29) is 11.8 Å². The summed E-state index contributed by atoms with van der Waals surface area (Å²) in [5, 5.41) is 3.16. The molecule has 1 aromatic carbocycles. The highest BCUT2D eigenvalue weighted by molar-refractivity contribution is 5.79. The largest absolute Gasteiger partial charge is 0.382 e. The molecule has 1 N–H and O–H groups in total. The fourth-order valence-corrected chi connectivity index (χ4v) is 2.62. The molecular weight excluding hydrogens is 254 g/mol. The van der Waals surface area contributed by atoms with Crippen molar-refractivity contribution in [1.82, 2.24) is 5.32 Å². The summed E-state index contributed by atoms with van der Waals surface area (Å²) in [7, 11) is 1.65. The van der Waals surface area contributed by atoms with Crippen LogP contribution in [-0.2, 0) is 19.8 Å². The van der Waals surface area contributed by atoms with Gasteiger partial charge >= 0.3 is 0 Å². The predicted octanol–water partition coefficient (Wildman–Crippen LogP) is 2.09. The zero-order valence-corrected chi connectivity index (χ0v) is 12.2. The van der Waals surface area contributed by atoms with Crippen LogP contribution in [0, 0.1) is 5.92 Å². The average molecular weight is 277 g/mol. The molecule has 0 saturated carbocycles. The Bertz CT molecular complexity index is 429. The first-order chi connectivity index (χ1) is 9.65. The molecule has 1 aliphatic heterocycles. The summed E-state index contributed by atoms with van der Waals surface area (Å²) in [6, 6.07) is 9.96. The molecule has 0 bridgehead atoms. The van der Waals surface area contributed by atoms with Gasteiger partial charge in [0.25, 0.3) is 0 Å². The third-order valence-electron chi connectivity index (χ3n) is 3.84. The van der Waals surface area contributed by atoms with Crippen molar-refractivity contribution in [2.45, 2.75) is 25.3 Å². The van der Waals surface area contributed by atoms with Crippen molar-refractivity contribution in [2.75, 3.05) is 26.9 Å². The number of hydrogen-bond acceptors (Lipinski definition) is 3. The van der Waals surface area contributed by atoms with Crippen LogP contribution >= 0.6 is 0 Å². The van der Waals surface area contributed by atoms with E-state index in [9.17, 15) is 4.79 Å². The van der Waals surface area contributed by atoms with E-state index in [1.807, 2.05) is 37.3 Å². The summed E-state index contributed by atoms with van der Waals surface area (Å²) >= 11 is 0. The second kappa shape index (κ2) is 6.86. The van der Waals surface area contributed by atoms with E-state index in [0.29, 0.717) is 19.8 Å². The molecule has 0 aromatic heterocycles. The van der Waals surface area contributed by atoms with Crippen LogP contribution in [0.25, 0.3) is 0 Å². The Labute approximate surface area is 120 Å². The van der Waals surface area contributed by atoms with Crippen LogP contribution in [0.1, 0.15) is 25.3 Å². The minimum absolute atomic E-state index is 0.0450. The van der Waals surface area contributed by atoms with E-state index < -0.39 is 5.54 Å². The summed E-state index contributed by atoms with van der Waals surface area (Å²) in [5.74, 6) is 0.139. The highest BCUT2D eigenvalue weighted by atomic mass is 16.5. The van der Waals surface area contributed by atoms with E-state index in [2.05, 4.69) is 5.32 Å². The number of hydrogen-bond donors (Lipinski definition) is 1. The first-order valence-corrected chi connectivity index (χ1v) is 7.10. The molecule has 1 aliphatic rings. The van der Waals surface area contributed by atoms with Gasteiger partial charge in [-0.1, -0.05) is 30.3 Å². The number of nitrogens with one attached hydrogen (secondary N) is 1. The Morgan fingerprint density at radius 1 is 1.35 bits per heavy atom. The van der Waals surface area contributed by atoms with Gasteiger partial charge in [-0.15, -0.1) is 0 Å². The Morgan fingerprint density at radius 3 is 2.60 bits per heavy atom. The summed E-state index contributed by atoms with van der Waals surface area (Å²) in [6.45, 7) is 3.80. The molecule has 20 heavy (non-hydrogen) atoms. The van der Waals surface area contributed by atoms with Crippen molar-refractivity contribution >= 4 is 5.91 Å². The molecule has 0 unspecified atom stereocenters. The van der Waals surface area contributed by atoms with Crippen LogP contribution in [0.4, 0.5) is 0 Å². The second-order valence-electron chi connectivity index (χ2n) is 5.51. The van der Waals surface area contributed by atoms with Crippen molar-refractivity contribution < 1.29 is 14.3 Å². The molecule has 0 aliphatic carbocycles. The predicted molar refractivity (Wildman–Crippen MR) is 77.4 cm³/mol. The zero-order chi connectivity index (χ0) is 14.4. The van der Waals surface area contributed by atoms with Gasteiger partial charge in [0.1, 0.15) is 0 Å². The normalized spacial score (nSPS) is 19.3. The number of benzene rings is 1. The molecule has 110 valence electrons. The lowest BCUT2D eigenvalue weighted by atomic mass is 9.90. The van der Waals surface area contributed by atoms with Gasteiger partial charge in [0.05, 0.1) is 12.1 Å². The highest BCUT2D eigenvalue weighted by Gasteiger charge is 2.32. The molecule has 1 aromatic rings. The van der Waals surface area contributed by atoms with Crippen molar-refractivity contribution in [3.05, 3.63) is 35.9 Å². The lowest BCUT2D eigenvalue weighted by Crippen LogP contribution is -2.49. The Balaban J connectivity index is 2.10. The lowest BCUT2D eigenvalue weighted by molar-refractivity contribution is -0.130. The first-order valence-electron chi connectivity index (χ1n) is 7.10. The first kappa shape index (κ1) is 15.0. The molecule has 4 heteroatoms. The van der Waals surface area contributed by atoms with Crippen molar-refractivity contribution in [2.24, 2.45) is 5.92 Å². The van der Waals surface area contributed by atoms with Gasteiger partial charge in [-0.25, -0.2) is 0 Å². The van der Waals surface area contributed by atoms with E-state index in [1.165, 1.54) is 0 Å². The summed E-state index contributed by atoms with van der Waals surface area (Å²) in [4.78, 5) is 12.4. The van der Waals surface area contributed by atoms with Gasteiger partial charge in [-0.2, -0.15) is 0 Å². The number of ether oxygens (including phenoxy) is 2. The van der Waals surface area contributed by atoms with Crippen molar-refractivity contribution in [3.63, 3.8) is 0 Å². The number of carbonyl (C=O) groups is 1. The molecule has 1 atom stereocenters. The van der Waals surface area contributed by atoms with E-state index >= 15 is 0 Å².